The van der Waals surface area contributed by atoms with Gasteiger partial charge in [-0.25, -0.2) is 0 Å². The van der Waals surface area contributed by atoms with Crippen molar-refractivity contribution in [2.75, 3.05) is 0 Å². The summed E-state index contributed by atoms with van der Waals surface area (Å²) in [6.07, 6.45) is -2.90. The summed E-state index contributed by atoms with van der Waals surface area (Å²) in [4.78, 5) is 4.31. The number of ether oxygens (including phenoxy) is 1. The molecule has 0 unspecified atom stereocenters. The molecule has 5 heteroatoms. The number of hydrogen-bond acceptors (Lipinski definition) is 2. The SMILES string of the molecule is CCCC(C)=Nc1cc(OC(F)(F)F)ccc1C. The Bertz CT molecular complexity index is 438. The summed E-state index contributed by atoms with van der Waals surface area (Å²) in [5.74, 6) is -0.240. The molecule has 0 amide bonds. The standard InChI is InChI=1S/C13H16F3NO/c1-4-5-10(3)17-12-8-11(7-6-9(12)2)18-13(14,15)16/h6-8H,4-5H2,1-3H3. The van der Waals surface area contributed by atoms with Crippen LogP contribution < -0.4 is 4.74 Å². The first kappa shape index (κ1) is 14.5. The second-order valence-corrected chi connectivity index (χ2v) is 4.09. The Kier molecular flexibility index (Phi) is 4.76. The molecule has 0 aliphatic heterocycles. The van der Waals surface area contributed by atoms with E-state index in [0.717, 1.165) is 24.1 Å². The first-order valence-corrected chi connectivity index (χ1v) is 5.72. The van der Waals surface area contributed by atoms with Crippen LogP contribution in [0.5, 0.6) is 5.75 Å². The largest absolute Gasteiger partial charge is 0.573 e. The van der Waals surface area contributed by atoms with Crippen molar-refractivity contribution in [1.82, 2.24) is 0 Å². The van der Waals surface area contributed by atoms with Gasteiger partial charge in [0, 0.05) is 11.8 Å². The lowest BCUT2D eigenvalue weighted by molar-refractivity contribution is -0.274. The third-order valence-electron chi connectivity index (χ3n) is 2.34. The summed E-state index contributed by atoms with van der Waals surface area (Å²) in [6, 6.07) is 4.16. The van der Waals surface area contributed by atoms with Crippen molar-refractivity contribution in [3.05, 3.63) is 23.8 Å². The van der Waals surface area contributed by atoms with E-state index in [2.05, 4.69) is 9.73 Å². The maximum absolute atomic E-state index is 12.1. The molecule has 0 radical (unpaired) electrons. The van der Waals surface area contributed by atoms with Crippen LogP contribution in [0.1, 0.15) is 32.3 Å². The molecule has 100 valence electrons. The van der Waals surface area contributed by atoms with Gasteiger partial charge in [-0.3, -0.25) is 4.99 Å². The van der Waals surface area contributed by atoms with Crippen LogP contribution in [0.4, 0.5) is 18.9 Å². The summed E-state index contributed by atoms with van der Waals surface area (Å²) in [7, 11) is 0. The van der Waals surface area contributed by atoms with Gasteiger partial charge in [-0.15, -0.1) is 13.2 Å². The van der Waals surface area contributed by atoms with Crippen LogP contribution in [0.3, 0.4) is 0 Å². The van der Waals surface area contributed by atoms with Gasteiger partial charge in [-0.1, -0.05) is 19.4 Å². The minimum Gasteiger partial charge on any atom is -0.406 e. The fraction of sp³-hybridized carbons (Fsp3) is 0.462. The van der Waals surface area contributed by atoms with Crippen molar-refractivity contribution in [3.8, 4) is 5.75 Å². The lowest BCUT2D eigenvalue weighted by Gasteiger charge is -2.10. The van der Waals surface area contributed by atoms with E-state index >= 15 is 0 Å². The van der Waals surface area contributed by atoms with Crippen LogP contribution in [0.15, 0.2) is 23.2 Å². The van der Waals surface area contributed by atoms with Crippen molar-refractivity contribution in [1.29, 1.82) is 0 Å². The normalized spacial score (nSPS) is 12.7. The molecule has 0 bridgehead atoms. The lowest BCUT2D eigenvalue weighted by atomic mass is 10.2. The quantitative estimate of drug-likeness (QED) is 0.712. The molecule has 0 aromatic heterocycles. The average Bonchev–Trinajstić information content (AvgIpc) is 2.21. The number of rotatable bonds is 4. The Morgan fingerprint density at radius 1 is 1.33 bits per heavy atom. The Balaban J connectivity index is 2.98. The third-order valence-corrected chi connectivity index (χ3v) is 2.34. The molecule has 0 heterocycles. The minimum absolute atomic E-state index is 0.240. The summed E-state index contributed by atoms with van der Waals surface area (Å²) < 4.78 is 40.2. The van der Waals surface area contributed by atoms with E-state index in [-0.39, 0.29) is 5.75 Å². The molecule has 18 heavy (non-hydrogen) atoms. The zero-order valence-corrected chi connectivity index (χ0v) is 10.6. The number of alkyl halides is 3. The van der Waals surface area contributed by atoms with E-state index in [1.54, 1.807) is 13.0 Å². The van der Waals surface area contributed by atoms with Gasteiger partial charge in [0.2, 0.25) is 0 Å². The van der Waals surface area contributed by atoms with Crippen molar-refractivity contribution in [2.24, 2.45) is 4.99 Å². The van der Waals surface area contributed by atoms with E-state index in [1.165, 1.54) is 12.1 Å². The van der Waals surface area contributed by atoms with Crippen LogP contribution in [-0.4, -0.2) is 12.1 Å². The summed E-state index contributed by atoms with van der Waals surface area (Å²) in [5, 5.41) is 0. The highest BCUT2D eigenvalue weighted by Gasteiger charge is 2.31. The summed E-state index contributed by atoms with van der Waals surface area (Å²) in [5.41, 5.74) is 2.23. The fourth-order valence-corrected chi connectivity index (χ4v) is 1.53. The van der Waals surface area contributed by atoms with Gasteiger partial charge in [-0.05, 0) is 31.9 Å². The summed E-state index contributed by atoms with van der Waals surface area (Å²) >= 11 is 0. The average molecular weight is 259 g/mol. The Labute approximate surface area is 104 Å². The molecule has 0 atom stereocenters. The van der Waals surface area contributed by atoms with Crippen molar-refractivity contribution in [2.45, 2.75) is 40.0 Å². The number of halogens is 3. The third kappa shape index (κ3) is 4.77. The Morgan fingerprint density at radius 3 is 2.56 bits per heavy atom. The monoisotopic (exact) mass is 259 g/mol. The number of nitrogens with zero attached hydrogens (tertiary/aromatic N) is 1. The zero-order valence-electron chi connectivity index (χ0n) is 10.6. The van der Waals surface area contributed by atoms with Crippen LogP contribution >= 0.6 is 0 Å². The molecule has 0 fully saturated rings. The van der Waals surface area contributed by atoms with Crippen LogP contribution in [-0.2, 0) is 0 Å². The molecular formula is C13H16F3NO. The smallest absolute Gasteiger partial charge is 0.406 e. The Hall–Kier alpha value is -1.52. The molecule has 0 aliphatic carbocycles. The maximum Gasteiger partial charge on any atom is 0.573 e. The number of aliphatic imine (C=N–C) groups is 1. The molecule has 0 spiro atoms. The molecule has 0 saturated heterocycles. The van der Waals surface area contributed by atoms with Gasteiger partial charge >= 0.3 is 6.36 Å². The van der Waals surface area contributed by atoms with Gasteiger partial charge in [0.15, 0.2) is 0 Å². The first-order chi connectivity index (χ1) is 8.31. The van der Waals surface area contributed by atoms with E-state index in [1.807, 2.05) is 13.8 Å². The van der Waals surface area contributed by atoms with Crippen molar-refractivity contribution >= 4 is 11.4 Å². The van der Waals surface area contributed by atoms with Gasteiger partial charge in [-0.2, -0.15) is 0 Å². The highest BCUT2D eigenvalue weighted by Crippen LogP contribution is 2.29. The molecular weight excluding hydrogens is 243 g/mol. The highest BCUT2D eigenvalue weighted by atomic mass is 19.4. The minimum atomic E-state index is -4.67. The van der Waals surface area contributed by atoms with Crippen molar-refractivity contribution in [3.63, 3.8) is 0 Å². The molecule has 1 aromatic rings. The molecule has 0 N–H and O–H groups in total. The maximum atomic E-state index is 12.1. The lowest BCUT2D eigenvalue weighted by Crippen LogP contribution is -2.17. The second-order valence-electron chi connectivity index (χ2n) is 4.09. The fourth-order valence-electron chi connectivity index (χ4n) is 1.53. The van der Waals surface area contributed by atoms with Crippen LogP contribution in [0.25, 0.3) is 0 Å². The van der Waals surface area contributed by atoms with Crippen molar-refractivity contribution < 1.29 is 17.9 Å². The van der Waals surface area contributed by atoms with E-state index < -0.39 is 6.36 Å². The molecule has 0 saturated carbocycles. The van der Waals surface area contributed by atoms with Gasteiger partial charge < -0.3 is 4.74 Å². The van der Waals surface area contributed by atoms with Gasteiger partial charge in [0.25, 0.3) is 0 Å². The highest BCUT2D eigenvalue weighted by molar-refractivity contribution is 5.85. The Morgan fingerprint density at radius 2 is 2.00 bits per heavy atom. The van der Waals surface area contributed by atoms with Crippen LogP contribution in [0, 0.1) is 6.92 Å². The molecule has 0 aliphatic rings. The molecule has 2 nitrogen and oxygen atoms in total. The number of hydrogen-bond donors (Lipinski definition) is 0. The predicted molar refractivity (Wildman–Crippen MR) is 65.5 cm³/mol. The van der Waals surface area contributed by atoms with E-state index in [9.17, 15) is 13.2 Å². The second kappa shape index (κ2) is 5.89. The number of benzene rings is 1. The van der Waals surface area contributed by atoms with E-state index in [4.69, 9.17) is 0 Å². The van der Waals surface area contributed by atoms with Crippen LogP contribution in [0.2, 0.25) is 0 Å². The van der Waals surface area contributed by atoms with E-state index in [0.29, 0.717) is 5.69 Å². The topological polar surface area (TPSA) is 21.6 Å². The molecule has 1 aromatic carbocycles. The zero-order chi connectivity index (χ0) is 13.8. The molecule has 1 rings (SSSR count). The number of aryl methyl sites for hydroxylation is 1. The summed E-state index contributed by atoms with van der Waals surface area (Å²) in [6.45, 7) is 5.69. The van der Waals surface area contributed by atoms with Gasteiger partial charge in [0.1, 0.15) is 5.75 Å². The predicted octanol–water partition coefficient (Wildman–Crippen LogP) is 4.79. The first-order valence-electron chi connectivity index (χ1n) is 5.72. The van der Waals surface area contributed by atoms with Gasteiger partial charge in [0.05, 0.1) is 5.69 Å².